The Morgan fingerprint density at radius 2 is 1.75 bits per heavy atom. The van der Waals surface area contributed by atoms with E-state index in [0.717, 1.165) is 26.1 Å². The molecule has 4 N–H and O–H groups in total. The minimum Gasteiger partial charge on any atom is -0.328 e. The van der Waals surface area contributed by atoms with Gasteiger partial charge in [0.2, 0.25) is 0 Å². The van der Waals surface area contributed by atoms with Gasteiger partial charge in [0.05, 0.1) is 0 Å². The first kappa shape index (κ1) is 11.8. The third-order valence-electron chi connectivity index (χ3n) is 1.51. The third kappa shape index (κ3) is 6.54. The summed E-state index contributed by atoms with van der Waals surface area (Å²) in [6, 6.07) is 0.268. The summed E-state index contributed by atoms with van der Waals surface area (Å²) in [5.74, 6) is 0. The van der Waals surface area contributed by atoms with Gasteiger partial charge in [0.25, 0.3) is 0 Å². The van der Waals surface area contributed by atoms with E-state index in [1.165, 1.54) is 0 Å². The second-order valence-corrected chi connectivity index (χ2v) is 2.94. The van der Waals surface area contributed by atoms with E-state index in [9.17, 15) is 0 Å². The van der Waals surface area contributed by atoms with Crippen LogP contribution in [0.2, 0.25) is 0 Å². The fraction of sp³-hybridized carbons (Fsp3) is 1.00. The SMILES string of the molecule is CCNN(CCC(C)N)NCC. The summed E-state index contributed by atoms with van der Waals surface area (Å²) in [4.78, 5) is 0. The fourth-order valence-electron chi connectivity index (χ4n) is 0.928. The lowest BCUT2D eigenvalue weighted by Crippen LogP contribution is -2.49. The monoisotopic (exact) mass is 174 g/mol. The summed E-state index contributed by atoms with van der Waals surface area (Å²) >= 11 is 0. The van der Waals surface area contributed by atoms with Gasteiger partial charge in [0, 0.05) is 25.7 Å². The average Bonchev–Trinajstić information content (AvgIpc) is 2.01. The Morgan fingerprint density at radius 3 is 2.08 bits per heavy atom. The normalized spacial score (nSPS) is 13.8. The van der Waals surface area contributed by atoms with Crippen molar-refractivity contribution in [2.24, 2.45) is 5.73 Å². The molecule has 0 spiro atoms. The predicted octanol–water partition coefficient (Wildman–Crippen LogP) is 0.0747. The zero-order valence-electron chi connectivity index (χ0n) is 8.43. The van der Waals surface area contributed by atoms with E-state index in [-0.39, 0.29) is 6.04 Å². The highest BCUT2D eigenvalue weighted by atomic mass is 15.7. The highest BCUT2D eigenvalue weighted by Crippen LogP contribution is 1.87. The Bertz CT molecular complexity index is 89.1. The zero-order valence-corrected chi connectivity index (χ0v) is 8.43. The molecular formula is C8H22N4. The molecule has 0 aromatic carbocycles. The summed E-state index contributed by atoms with van der Waals surface area (Å²) in [5.41, 5.74) is 12.1. The van der Waals surface area contributed by atoms with E-state index >= 15 is 0 Å². The maximum Gasteiger partial charge on any atom is 0.0302 e. The Hall–Kier alpha value is -0.160. The highest BCUT2D eigenvalue weighted by Gasteiger charge is 2.01. The summed E-state index contributed by atoms with van der Waals surface area (Å²) in [6.07, 6.45) is 1.00. The second-order valence-electron chi connectivity index (χ2n) is 2.94. The van der Waals surface area contributed by atoms with Crippen molar-refractivity contribution in [1.29, 1.82) is 0 Å². The summed E-state index contributed by atoms with van der Waals surface area (Å²) in [7, 11) is 0. The lowest BCUT2D eigenvalue weighted by molar-refractivity contribution is 0.116. The first-order valence-electron chi connectivity index (χ1n) is 4.70. The number of nitrogens with zero attached hydrogens (tertiary/aromatic N) is 1. The first-order valence-corrected chi connectivity index (χ1v) is 4.70. The smallest absolute Gasteiger partial charge is 0.0302 e. The van der Waals surface area contributed by atoms with E-state index in [1.807, 2.05) is 12.0 Å². The van der Waals surface area contributed by atoms with Crippen LogP contribution in [0.3, 0.4) is 0 Å². The molecule has 4 nitrogen and oxygen atoms in total. The van der Waals surface area contributed by atoms with Gasteiger partial charge in [0.15, 0.2) is 0 Å². The van der Waals surface area contributed by atoms with Gasteiger partial charge in [-0.2, -0.15) is 5.12 Å². The molecule has 0 aromatic rings. The molecule has 0 heterocycles. The molecule has 12 heavy (non-hydrogen) atoms. The van der Waals surface area contributed by atoms with Gasteiger partial charge >= 0.3 is 0 Å². The maximum atomic E-state index is 5.65. The lowest BCUT2D eigenvalue weighted by Gasteiger charge is -2.23. The zero-order chi connectivity index (χ0) is 9.40. The van der Waals surface area contributed by atoms with Crippen molar-refractivity contribution in [3.8, 4) is 0 Å². The molecular weight excluding hydrogens is 152 g/mol. The van der Waals surface area contributed by atoms with Gasteiger partial charge in [-0.3, -0.25) is 0 Å². The molecule has 0 fully saturated rings. The van der Waals surface area contributed by atoms with Crippen molar-refractivity contribution in [3.63, 3.8) is 0 Å². The molecule has 0 rings (SSSR count). The van der Waals surface area contributed by atoms with Crippen LogP contribution < -0.4 is 16.6 Å². The second kappa shape index (κ2) is 7.49. The minimum atomic E-state index is 0.268. The van der Waals surface area contributed by atoms with Gasteiger partial charge in [-0.15, -0.1) is 0 Å². The molecule has 0 radical (unpaired) electrons. The van der Waals surface area contributed by atoms with Crippen molar-refractivity contribution in [2.45, 2.75) is 33.2 Å². The van der Waals surface area contributed by atoms with Crippen molar-refractivity contribution in [2.75, 3.05) is 19.6 Å². The number of nitrogens with two attached hydrogens (primary N) is 1. The number of hydrogen-bond acceptors (Lipinski definition) is 4. The van der Waals surface area contributed by atoms with Crippen LogP contribution in [0.15, 0.2) is 0 Å². The molecule has 0 saturated carbocycles. The number of hydrogen-bond donors (Lipinski definition) is 3. The lowest BCUT2D eigenvalue weighted by atomic mass is 10.2. The molecule has 0 aliphatic heterocycles. The molecule has 0 aromatic heterocycles. The van der Waals surface area contributed by atoms with Crippen molar-refractivity contribution in [1.82, 2.24) is 16.0 Å². The summed E-state index contributed by atoms with van der Waals surface area (Å²) in [5, 5.41) is 2.00. The quantitative estimate of drug-likeness (QED) is 0.478. The Balaban J connectivity index is 3.48. The minimum absolute atomic E-state index is 0.268. The van der Waals surface area contributed by atoms with Crippen LogP contribution in [-0.4, -0.2) is 30.8 Å². The Labute approximate surface area is 75.4 Å². The molecule has 0 saturated heterocycles. The van der Waals surface area contributed by atoms with Crippen molar-refractivity contribution in [3.05, 3.63) is 0 Å². The number of rotatable bonds is 7. The highest BCUT2D eigenvalue weighted by molar-refractivity contribution is 4.55. The molecule has 0 aliphatic carbocycles. The Kier molecular flexibility index (Phi) is 7.39. The van der Waals surface area contributed by atoms with Crippen molar-refractivity contribution >= 4 is 0 Å². The topological polar surface area (TPSA) is 53.3 Å². The predicted molar refractivity (Wildman–Crippen MR) is 52.3 cm³/mol. The molecule has 4 heteroatoms. The van der Waals surface area contributed by atoms with Crippen LogP contribution >= 0.6 is 0 Å². The maximum absolute atomic E-state index is 5.65. The molecule has 1 atom stereocenters. The van der Waals surface area contributed by atoms with Crippen LogP contribution in [0.1, 0.15) is 27.2 Å². The van der Waals surface area contributed by atoms with Gasteiger partial charge in [-0.1, -0.05) is 13.8 Å². The van der Waals surface area contributed by atoms with Crippen LogP contribution in [0.5, 0.6) is 0 Å². The van der Waals surface area contributed by atoms with E-state index in [0.29, 0.717) is 0 Å². The molecule has 0 bridgehead atoms. The van der Waals surface area contributed by atoms with Crippen LogP contribution in [0, 0.1) is 0 Å². The number of hydrazine groups is 2. The van der Waals surface area contributed by atoms with E-state index < -0.39 is 0 Å². The summed E-state index contributed by atoms with van der Waals surface area (Å²) in [6.45, 7) is 9.00. The van der Waals surface area contributed by atoms with Gasteiger partial charge in [-0.25, -0.2) is 10.9 Å². The van der Waals surface area contributed by atoms with Crippen molar-refractivity contribution < 1.29 is 0 Å². The summed E-state index contributed by atoms with van der Waals surface area (Å²) < 4.78 is 0. The van der Waals surface area contributed by atoms with E-state index in [2.05, 4.69) is 24.7 Å². The molecule has 1 unspecified atom stereocenters. The molecule has 74 valence electrons. The first-order chi connectivity index (χ1) is 5.70. The molecule has 0 aliphatic rings. The Morgan fingerprint density at radius 1 is 1.25 bits per heavy atom. The van der Waals surface area contributed by atoms with Gasteiger partial charge in [-0.05, 0) is 13.3 Å². The van der Waals surface area contributed by atoms with E-state index in [4.69, 9.17) is 5.73 Å². The standard InChI is InChI=1S/C8H22N4/c1-4-10-12(11-5-2)7-6-8(3)9/h8,10-11H,4-7,9H2,1-3H3. The largest absolute Gasteiger partial charge is 0.328 e. The van der Waals surface area contributed by atoms with Crippen LogP contribution in [0.4, 0.5) is 0 Å². The van der Waals surface area contributed by atoms with Gasteiger partial charge < -0.3 is 5.73 Å². The van der Waals surface area contributed by atoms with Crippen LogP contribution in [0.25, 0.3) is 0 Å². The number of nitrogens with one attached hydrogen (secondary N) is 2. The average molecular weight is 174 g/mol. The van der Waals surface area contributed by atoms with E-state index in [1.54, 1.807) is 0 Å². The van der Waals surface area contributed by atoms with Crippen LogP contribution in [-0.2, 0) is 0 Å². The molecule has 0 amide bonds. The fourth-order valence-corrected chi connectivity index (χ4v) is 0.928. The van der Waals surface area contributed by atoms with Gasteiger partial charge in [0.1, 0.15) is 0 Å². The third-order valence-corrected chi connectivity index (χ3v) is 1.51.